The molecule has 2 amide bonds. The summed E-state index contributed by atoms with van der Waals surface area (Å²) in [6.07, 6.45) is 8.14. The fraction of sp³-hybridized carbons (Fsp3) is 0.130. The maximum atomic E-state index is 12.2. The van der Waals surface area contributed by atoms with E-state index in [1.54, 1.807) is 24.8 Å². The summed E-state index contributed by atoms with van der Waals surface area (Å²) in [5.74, 6) is -0.241. The fourth-order valence-corrected chi connectivity index (χ4v) is 7.41. The number of carbonyl (C=O) groups is 2. The molecule has 2 aliphatic rings. The van der Waals surface area contributed by atoms with Gasteiger partial charge < -0.3 is 22.1 Å². The second kappa shape index (κ2) is 14.6. The van der Waals surface area contributed by atoms with E-state index in [4.69, 9.17) is 22.0 Å². The van der Waals surface area contributed by atoms with Crippen LogP contribution in [-0.2, 0) is 9.59 Å². The second-order valence-corrected chi connectivity index (χ2v) is 14.6. The molecular formula is C46H34N10O2. The summed E-state index contributed by atoms with van der Waals surface area (Å²) >= 11 is 0. The van der Waals surface area contributed by atoms with Crippen LogP contribution in [-0.4, -0.2) is 31.8 Å². The van der Waals surface area contributed by atoms with Gasteiger partial charge in [0.15, 0.2) is 0 Å². The van der Waals surface area contributed by atoms with Crippen molar-refractivity contribution in [3.63, 3.8) is 0 Å². The molecule has 0 spiro atoms. The zero-order chi connectivity index (χ0) is 39.9. The van der Waals surface area contributed by atoms with Gasteiger partial charge in [0, 0.05) is 57.7 Å². The lowest BCUT2D eigenvalue weighted by atomic mass is 9.98. The largest absolute Gasteiger partial charge is 0.398 e. The first kappa shape index (κ1) is 35.7. The molecule has 0 radical (unpaired) electrons. The Morgan fingerprint density at radius 3 is 1.41 bits per heavy atom. The van der Waals surface area contributed by atoms with Crippen molar-refractivity contribution < 1.29 is 9.59 Å². The number of rotatable bonds is 6. The number of nitriles is 2. The van der Waals surface area contributed by atoms with Gasteiger partial charge in [-0.25, -0.2) is 9.97 Å². The number of para-hydroxylation sites is 2. The van der Waals surface area contributed by atoms with E-state index >= 15 is 0 Å². The number of amides is 2. The summed E-state index contributed by atoms with van der Waals surface area (Å²) in [6, 6.07) is 35.7. The molecule has 8 aromatic rings. The Morgan fingerprint density at radius 2 is 1.00 bits per heavy atom. The number of benzene rings is 4. The number of hydrogen-bond acceptors (Lipinski definition) is 10. The SMILES string of the molecule is N#C[C@@H]1C[C@H]1C(=O)Nc1cc2cc(-c3ccnc4ccccc34)cc(N)c2cn1.N#C[C@H]1C[C@@H]1C(=O)Nc1cc2cc(-c3ccnc4ccccc34)cc(N)c2cn1. The van der Waals surface area contributed by atoms with Gasteiger partial charge in [0.2, 0.25) is 11.8 Å². The summed E-state index contributed by atoms with van der Waals surface area (Å²) in [7, 11) is 0. The molecule has 0 saturated heterocycles. The van der Waals surface area contributed by atoms with E-state index in [1.165, 1.54) is 0 Å². The highest BCUT2D eigenvalue weighted by Gasteiger charge is 2.44. The van der Waals surface area contributed by atoms with Gasteiger partial charge in [-0.15, -0.1) is 0 Å². The topological polar surface area (TPSA) is 209 Å². The van der Waals surface area contributed by atoms with Crippen LogP contribution < -0.4 is 22.1 Å². The zero-order valence-corrected chi connectivity index (χ0v) is 30.9. The molecule has 10 rings (SSSR count). The predicted molar refractivity (Wildman–Crippen MR) is 225 cm³/mol. The number of nitrogen functional groups attached to an aromatic ring is 2. The number of anilines is 4. The molecule has 2 aliphatic carbocycles. The van der Waals surface area contributed by atoms with Crippen molar-refractivity contribution in [3.8, 4) is 34.4 Å². The van der Waals surface area contributed by atoms with Gasteiger partial charge in [0.1, 0.15) is 11.6 Å². The molecular weight excluding hydrogens is 725 g/mol. The molecule has 0 bridgehead atoms. The number of aromatic nitrogens is 4. The van der Waals surface area contributed by atoms with Crippen molar-refractivity contribution in [2.24, 2.45) is 23.7 Å². The van der Waals surface area contributed by atoms with Crippen molar-refractivity contribution in [2.75, 3.05) is 22.1 Å². The van der Waals surface area contributed by atoms with E-state index in [9.17, 15) is 9.59 Å². The maximum absolute atomic E-state index is 12.2. The first-order chi connectivity index (χ1) is 28.3. The van der Waals surface area contributed by atoms with Crippen LogP contribution in [0.15, 0.2) is 122 Å². The van der Waals surface area contributed by atoms with Gasteiger partial charge in [-0.1, -0.05) is 36.4 Å². The number of fused-ring (bicyclic) bond motifs is 4. The Balaban J connectivity index is 0.000000150. The highest BCUT2D eigenvalue weighted by Crippen LogP contribution is 2.40. The Bertz CT molecular complexity index is 2840. The van der Waals surface area contributed by atoms with E-state index in [-0.39, 0.29) is 35.5 Å². The van der Waals surface area contributed by atoms with Gasteiger partial charge in [0.25, 0.3) is 0 Å². The average Bonchev–Trinajstić information content (AvgIpc) is 4.19. The predicted octanol–water partition coefficient (Wildman–Crippen LogP) is 8.26. The molecule has 4 atom stereocenters. The third kappa shape index (κ3) is 6.91. The van der Waals surface area contributed by atoms with Crippen LogP contribution in [0.4, 0.5) is 23.0 Å². The van der Waals surface area contributed by atoms with Gasteiger partial charge >= 0.3 is 0 Å². The Hall–Kier alpha value is -7.96. The van der Waals surface area contributed by atoms with Crippen molar-refractivity contribution in [1.29, 1.82) is 10.5 Å². The van der Waals surface area contributed by atoms with Crippen LogP contribution in [0.3, 0.4) is 0 Å². The smallest absolute Gasteiger partial charge is 0.230 e. The van der Waals surface area contributed by atoms with Crippen LogP contribution >= 0.6 is 0 Å². The van der Waals surface area contributed by atoms with E-state index < -0.39 is 0 Å². The van der Waals surface area contributed by atoms with Crippen molar-refractivity contribution in [2.45, 2.75) is 12.8 Å². The number of nitrogens with two attached hydrogens (primary N) is 2. The summed E-state index contributed by atoms with van der Waals surface area (Å²) < 4.78 is 0. The van der Waals surface area contributed by atoms with Crippen molar-refractivity contribution >= 4 is 78.2 Å². The lowest BCUT2D eigenvalue weighted by Gasteiger charge is -2.11. The van der Waals surface area contributed by atoms with Gasteiger partial charge in [-0.05, 0) is 107 Å². The van der Waals surface area contributed by atoms with E-state index in [0.29, 0.717) is 35.9 Å². The first-order valence-electron chi connectivity index (χ1n) is 18.8. The lowest BCUT2D eigenvalue weighted by Crippen LogP contribution is -2.15. The molecule has 4 aromatic heterocycles. The molecule has 280 valence electrons. The normalized spacial score (nSPS) is 17.8. The Kier molecular flexibility index (Phi) is 8.99. The monoisotopic (exact) mass is 758 g/mol. The molecule has 12 nitrogen and oxygen atoms in total. The molecule has 6 N–H and O–H groups in total. The van der Waals surface area contributed by atoms with Gasteiger partial charge in [-0.2, -0.15) is 10.5 Å². The van der Waals surface area contributed by atoms with Gasteiger partial charge in [0.05, 0.1) is 46.8 Å². The Morgan fingerprint density at radius 1 is 0.569 bits per heavy atom. The maximum Gasteiger partial charge on any atom is 0.230 e. The number of carbonyl (C=O) groups excluding carboxylic acids is 2. The molecule has 0 aliphatic heterocycles. The minimum atomic E-state index is -0.239. The molecule has 4 heterocycles. The van der Waals surface area contributed by atoms with Crippen LogP contribution in [0, 0.1) is 46.3 Å². The summed E-state index contributed by atoms with van der Waals surface area (Å²) in [4.78, 5) is 42.0. The summed E-state index contributed by atoms with van der Waals surface area (Å²) in [6.45, 7) is 0. The number of hydrogen-bond donors (Lipinski definition) is 4. The molecule has 2 saturated carbocycles. The van der Waals surface area contributed by atoms with E-state index in [2.05, 4.69) is 42.7 Å². The standard InChI is InChI=1S/2C23H17N5O/c2*24-11-15-8-18(15)23(29)28-22-10-14-7-13(9-20(25)19(14)12-27-22)16-5-6-26-21-4-2-1-3-17(16)21/h2*1-7,9-10,12,15,18H,8,25H2,(H,27,28,29)/t2*15-,18+/m10/s1. The van der Waals surface area contributed by atoms with E-state index in [1.807, 2.05) is 97.1 Å². The third-order valence-electron chi connectivity index (χ3n) is 10.7. The fourth-order valence-electron chi connectivity index (χ4n) is 7.41. The Labute approximate surface area is 332 Å². The second-order valence-electron chi connectivity index (χ2n) is 14.6. The molecule has 0 unspecified atom stereocenters. The lowest BCUT2D eigenvalue weighted by molar-refractivity contribution is -0.118. The summed E-state index contributed by atoms with van der Waals surface area (Å²) in [5, 5.41) is 29.0. The van der Waals surface area contributed by atoms with Crippen LogP contribution in [0.1, 0.15) is 12.8 Å². The molecule has 58 heavy (non-hydrogen) atoms. The quantitative estimate of drug-likeness (QED) is 0.119. The first-order valence-corrected chi connectivity index (χ1v) is 18.8. The third-order valence-corrected chi connectivity index (χ3v) is 10.7. The highest BCUT2D eigenvalue weighted by atomic mass is 16.2. The molecule has 2 fully saturated rings. The number of nitrogens with one attached hydrogen (secondary N) is 2. The molecule has 12 heteroatoms. The van der Waals surface area contributed by atoms with Crippen LogP contribution in [0.2, 0.25) is 0 Å². The average molecular weight is 759 g/mol. The molecule has 4 aromatic carbocycles. The van der Waals surface area contributed by atoms with Crippen LogP contribution in [0.5, 0.6) is 0 Å². The minimum absolute atomic E-state index is 0.160. The zero-order valence-electron chi connectivity index (χ0n) is 30.9. The van der Waals surface area contributed by atoms with E-state index in [0.717, 1.165) is 65.6 Å². The van der Waals surface area contributed by atoms with Crippen molar-refractivity contribution in [3.05, 3.63) is 122 Å². The number of nitrogens with zero attached hydrogens (tertiary/aromatic N) is 6. The number of pyridine rings is 4. The van der Waals surface area contributed by atoms with Crippen LogP contribution in [0.25, 0.3) is 65.6 Å². The highest BCUT2D eigenvalue weighted by molar-refractivity contribution is 6.04. The van der Waals surface area contributed by atoms with Gasteiger partial charge in [-0.3, -0.25) is 19.6 Å². The van der Waals surface area contributed by atoms with Crippen molar-refractivity contribution in [1.82, 2.24) is 19.9 Å². The minimum Gasteiger partial charge on any atom is -0.398 e. The summed E-state index contributed by atoms with van der Waals surface area (Å²) in [5.41, 5.74) is 19.7.